The fourth-order valence-corrected chi connectivity index (χ4v) is 1.40. The Bertz CT molecular complexity index is 514. The maximum absolute atomic E-state index is 11.4. The molecule has 0 bridgehead atoms. The molecular formula is C13H13NO3. The number of carbonyl (C=O) groups excluding carboxylic acids is 1. The Kier molecular flexibility index (Phi) is 3.23. The lowest BCUT2D eigenvalue weighted by Gasteiger charge is -1.97. The summed E-state index contributed by atoms with van der Waals surface area (Å²) < 4.78 is 10.2. The second-order valence-corrected chi connectivity index (χ2v) is 3.62. The number of nitrogens with zero attached hydrogens (tertiary/aromatic N) is 1. The molecule has 0 spiro atoms. The van der Waals surface area contributed by atoms with Crippen LogP contribution in [0.25, 0.3) is 11.5 Å². The van der Waals surface area contributed by atoms with E-state index in [9.17, 15) is 4.79 Å². The van der Waals surface area contributed by atoms with E-state index in [0.717, 1.165) is 11.1 Å². The Balaban J connectivity index is 2.23. The topological polar surface area (TPSA) is 52.3 Å². The molecule has 2 rings (SSSR count). The molecule has 0 saturated carbocycles. The van der Waals surface area contributed by atoms with Gasteiger partial charge in [0.05, 0.1) is 12.8 Å². The van der Waals surface area contributed by atoms with Gasteiger partial charge in [-0.3, -0.25) is 0 Å². The molecule has 1 aromatic heterocycles. The lowest BCUT2D eigenvalue weighted by atomic mass is 10.1. The van der Waals surface area contributed by atoms with Gasteiger partial charge in [-0.25, -0.2) is 9.78 Å². The van der Waals surface area contributed by atoms with Crippen LogP contribution in [0.3, 0.4) is 0 Å². The number of aromatic nitrogens is 1. The van der Waals surface area contributed by atoms with Gasteiger partial charge in [0, 0.05) is 5.56 Å². The number of ether oxygens (including phenoxy) is 1. The molecular weight excluding hydrogens is 218 g/mol. The maximum Gasteiger partial charge on any atom is 0.375 e. The normalized spacial score (nSPS) is 10.2. The zero-order valence-electron chi connectivity index (χ0n) is 9.77. The molecule has 0 saturated heterocycles. The second kappa shape index (κ2) is 4.82. The van der Waals surface area contributed by atoms with Crippen LogP contribution in [-0.2, 0) is 4.74 Å². The molecule has 0 amide bonds. The van der Waals surface area contributed by atoms with Crippen LogP contribution >= 0.6 is 0 Å². The first kappa shape index (κ1) is 11.4. The molecule has 0 aliphatic rings. The summed E-state index contributed by atoms with van der Waals surface area (Å²) in [5.74, 6) is 0.0637. The van der Waals surface area contributed by atoms with Gasteiger partial charge < -0.3 is 9.15 Å². The summed E-state index contributed by atoms with van der Waals surface area (Å²) in [6.45, 7) is 4.07. The Labute approximate surface area is 99.2 Å². The van der Waals surface area contributed by atoms with Crippen molar-refractivity contribution in [3.05, 3.63) is 41.8 Å². The van der Waals surface area contributed by atoms with Crippen molar-refractivity contribution >= 4 is 5.97 Å². The smallest absolute Gasteiger partial charge is 0.375 e. The second-order valence-electron chi connectivity index (χ2n) is 3.62. The fourth-order valence-electron chi connectivity index (χ4n) is 1.40. The Hall–Kier alpha value is -2.10. The van der Waals surface area contributed by atoms with E-state index in [1.54, 1.807) is 6.92 Å². The Morgan fingerprint density at radius 1 is 1.35 bits per heavy atom. The Morgan fingerprint density at radius 2 is 2.06 bits per heavy atom. The maximum atomic E-state index is 11.4. The predicted molar refractivity (Wildman–Crippen MR) is 62.6 cm³/mol. The van der Waals surface area contributed by atoms with E-state index in [1.165, 1.54) is 6.20 Å². The van der Waals surface area contributed by atoms with Crippen LogP contribution in [0.4, 0.5) is 0 Å². The van der Waals surface area contributed by atoms with Crippen molar-refractivity contribution in [1.29, 1.82) is 0 Å². The van der Waals surface area contributed by atoms with Gasteiger partial charge in [-0.1, -0.05) is 17.7 Å². The number of aryl methyl sites for hydroxylation is 1. The van der Waals surface area contributed by atoms with E-state index >= 15 is 0 Å². The van der Waals surface area contributed by atoms with Crippen LogP contribution in [-0.4, -0.2) is 17.6 Å². The summed E-state index contributed by atoms with van der Waals surface area (Å²) in [6, 6.07) is 7.72. The average Bonchev–Trinajstić information content (AvgIpc) is 2.80. The van der Waals surface area contributed by atoms with Crippen molar-refractivity contribution in [2.24, 2.45) is 0 Å². The van der Waals surface area contributed by atoms with Gasteiger partial charge in [0.1, 0.15) is 0 Å². The van der Waals surface area contributed by atoms with Crippen molar-refractivity contribution in [3.8, 4) is 11.5 Å². The molecule has 2 aromatic rings. The summed E-state index contributed by atoms with van der Waals surface area (Å²) >= 11 is 0. The van der Waals surface area contributed by atoms with Crippen LogP contribution in [0.2, 0.25) is 0 Å². The largest absolute Gasteiger partial charge is 0.460 e. The van der Waals surface area contributed by atoms with Crippen LogP contribution in [0.5, 0.6) is 0 Å². The van der Waals surface area contributed by atoms with E-state index in [1.807, 2.05) is 31.2 Å². The van der Waals surface area contributed by atoms with Crippen molar-refractivity contribution < 1.29 is 13.9 Å². The van der Waals surface area contributed by atoms with Crippen LogP contribution in [0, 0.1) is 6.92 Å². The molecule has 0 N–H and O–H groups in total. The zero-order valence-corrected chi connectivity index (χ0v) is 9.77. The number of hydrogen-bond donors (Lipinski definition) is 0. The van der Waals surface area contributed by atoms with Gasteiger partial charge in [0.15, 0.2) is 0 Å². The zero-order chi connectivity index (χ0) is 12.3. The van der Waals surface area contributed by atoms with Crippen molar-refractivity contribution in [2.75, 3.05) is 6.61 Å². The minimum Gasteiger partial charge on any atom is -0.460 e. The van der Waals surface area contributed by atoms with Crippen molar-refractivity contribution in [2.45, 2.75) is 13.8 Å². The predicted octanol–water partition coefficient (Wildman–Crippen LogP) is 2.83. The molecule has 17 heavy (non-hydrogen) atoms. The van der Waals surface area contributed by atoms with Crippen LogP contribution in [0.15, 0.2) is 34.9 Å². The number of carbonyl (C=O) groups is 1. The van der Waals surface area contributed by atoms with Gasteiger partial charge >= 0.3 is 5.97 Å². The van der Waals surface area contributed by atoms with Gasteiger partial charge in [-0.05, 0) is 26.0 Å². The third kappa shape index (κ3) is 2.53. The number of benzene rings is 1. The summed E-state index contributed by atoms with van der Waals surface area (Å²) in [5, 5.41) is 0. The molecule has 1 aromatic carbocycles. The van der Waals surface area contributed by atoms with E-state index < -0.39 is 5.97 Å². The van der Waals surface area contributed by atoms with Crippen molar-refractivity contribution in [3.63, 3.8) is 0 Å². The first-order chi connectivity index (χ1) is 8.20. The summed E-state index contributed by atoms with van der Waals surface area (Å²) in [5.41, 5.74) is 2.00. The van der Waals surface area contributed by atoms with Crippen LogP contribution < -0.4 is 0 Å². The summed E-state index contributed by atoms with van der Waals surface area (Å²) in [4.78, 5) is 15.4. The molecule has 0 fully saturated rings. The van der Waals surface area contributed by atoms with Gasteiger partial charge in [0.25, 0.3) is 0 Å². The highest BCUT2D eigenvalue weighted by Crippen LogP contribution is 2.19. The van der Waals surface area contributed by atoms with Gasteiger partial charge in [-0.15, -0.1) is 0 Å². The molecule has 4 heteroatoms. The molecule has 1 heterocycles. The molecule has 0 aliphatic carbocycles. The summed E-state index contributed by atoms with van der Waals surface area (Å²) in [7, 11) is 0. The minimum atomic E-state index is -0.488. The first-order valence-corrected chi connectivity index (χ1v) is 5.40. The molecule has 4 nitrogen and oxygen atoms in total. The average molecular weight is 231 g/mol. The van der Waals surface area contributed by atoms with E-state index in [2.05, 4.69) is 4.98 Å². The number of oxazole rings is 1. The first-order valence-electron chi connectivity index (χ1n) is 5.40. The third-order valence-corrected chi connectivity index (χ3v) is 2.28. The van der Waals surface area contributed by atoms with Crippen LogP contribution in [0.1, 0.15) is 23.0 Å². The molecule has 88 valence electrons. The van der Waals surface area contributed by atoms with Gasteiger partial charge in [0.2, 0.25) is 11.7 Å². The minimum absolute atomic E-state index is 0.127. The molecule has 0 radical (unpaired) electrons. The SMILES string of the molecule is CCOC(=O)c1cnc(-c2ccc(C)cc2)o1. The van der Waals surface area contributed by atoms with Gasteiger partial charge in [-0.2, -0.15) is 0 Å². The van der Waals surface area contributed by atoms with Crippen molar-refractivity contribution in [1.82, 2.24) is 4.98 Å². The third-order valence-electron chi connectivity index (χ3n) is 2.28. The molecule has 0 atom stereocenters. The summed E-state index contributed by atoms with van der Waals surface area (Å²) in [6.07, 6.45) is 1.38. The molecule has 0 unspecified atom stereocenters. The lowest BCUT2D eigenvalue weighted by molar-refractivity contribution is 0.0491. The number of rotatable bonds is 3. The molecule has 0 aliphatic heterocycles. The number of hydrogen-bond acceptors (Lipinski definition) is 4. The Morgan fingerprint density at radius 3 is 2.71 bits per heavy atom. The highest BCUT2D eigenvalue weighted by molar-refractivity contribution is 5.86. The van der Waals surface area contributed by atoms with E-state index in [-0.39, 0.29) is 5.76 Å². The monoisotopic (exact) mass is 231 g/mol. The lowest BCUT2D eigenvalue weighted by Crippen LogP contribution is -2.02. The fraction of sp³-hybridized carbons (Fsp3) is 0.231. The number of esters is 1. The van der Waals surface area contributed by atoms with E-state index in [4.69, 9.17) is 9.15 Å². The highest BCUT2D eigenvalue weighted by atomic mass is 16.5. The standard InChI is InChI=1S/C13H13NO3/c1-3-16-13(15)11-8-14-12(17-11)10-6-4-9(2)5-7-10/h4-8H,3H2,1-2H3. The quantitative estimate of drug-likeness (QED) is 0.762. The highest BCUT2D eigenvalue weighted by Gasteiger charge is 2.14. The van der Waals surface area contributed by atoms with E-state index in [0.29, 0.717) is 12.5 Å².